The van der Waals surface area contributed by atoms with Crippen LogP contribution in [0.2, 0.25) is 0 Å². The number of allylic oxidation sites excluding steroid dienone is 2. The SMILES string of the molecule is C=CC(=C)C1(C)CCC(N)CC1. The van der Waals surface area contributed by atoms with Crippen molar-refractivity contribution in [2.45, 2.75) is 38.6 Å². The Balaban J connectivity index is 2.61. The molecule has 2 N–H and O–H groups in total. The largest absolute Gasteiger partial charge is 0.328 e. The molecule has 1 fully saturated rings. The number of nitrogens with two attached hydrogens (primary N) is 1. The summed E-state index contributed by atoms with van der Waals surface area (Å²) in [5.41, 5.74) is 7.29. The van der Waals surface area contributed by atoms with Gasteiger partial charge in [-0.2, -0.15) is 0 Å². The molecular formula is C11H19N. The topological polar surface area (TPSA) is 26.0 Å². The minimum absolute atomic E-state index is 0.275. The van der Waals surface area contributed by atoms with Crippen molar-refractivity contribution < 1.29 is 0 Å². The molecule has 0 atom stereocenters. The summed E-state index contributed by atoms with van der Waals surface area (Å²) >= 11 is 0. The zero-order valence-corrected chi connectivity index (χ0v) is 7.97. The van der Waals surface area contributed by atoms with E-state index in [9.17, 15) is 0 Å². The second-order valence-corrected chi connectivity index (χ2v) is 4.13. The van der Waals surface area contributed by atoms with E-state index in [4.69, 9.17) is 5.73 Å². The van der Waals surface area contributed by atoms with Crippen LogP contribution in [0.25, 0.3) is 0 Å². The van der Waals surface area contributed by atoms with Gasteiger partial charge in [-0.15, -0.1) is 0 Å². The van der Waals surface area contributed by atoms with E-state index in [1.54, 1.807) is 0 Å². The molecule has 0 radical (unpaired) electrons. The van der Waals surface area contributed by atoms with Gasteiger partial charge in [0.2, 0.25) is 0 Å². The Morgan fingerprint density at radius 2 is 2.00 bits per heavy atom. The molecule has 1 nitrogen and oxygen atoms in total. The molecule has 1 rings (SSSR count). The Labute approximate surface area is 75.3 Å². The third kappa shape index (κ3) is 1.78. The first-order chi connectivity index (χ1) is 5.58. The molecule has 0 aromatic carbocycles. The Kier molecular flexibility index (Phi) is 2.73. The smallest absolute Gasteiger partial charge is 0.00394 e. The monoisotopic (exact) mass is 165 g/mol. The van der Waals surface area contributed by atoms with E-state index < -0.39 is 0 Å². The molecule has 12 heavy (non-hydrogen) atoms. The zero-order chi connectivity index (χ0) is 9.19. The third-order valence-electron chi connectivity index (χ3n) is 3.16. The molecule has 0 aliphatic heterocycles. The summed E-state index contributed by atoms with van der Waals surface area (Å²) in [6.45, 7) is 10.1. The van der Waals surface area contributed by atoms with Crippen molar-refractivity contribution >= 4 is 0 Å². The average Bonchev–Trinajstić information content (AvgIpc) is 2.09. The first kappa shape index (κ1) is 9.53. The van der Waals surface area contributed by atoms with E-state index in [1.807, 2.05) is 6.08 Å². The summed E-state index contributed by atoms with van der Waals surface area (Å²) < 4.78 is 0. The van der Waals surface area contributed by atoms with Crippen molar-refractivity contribution in [1.82, 2.24) is 0 Å². The third-order valence-corrected chi connectivity index (χ3v) is 3.16. The van der Waals surface area contributed by atoms with Gasteiger partial charge in [0.15, 0.2) is 0 Å². The fourth-order valence-corrected chi connectivity index (χ4v) is 1.84. The molecule has 68 valence electrons. The highest BCUT2D eigenvalue weighted by molar-refractivity contribution is 5.21. The molecule has 0 amide bonds. The summed E-state index contributed by atoms with van der Waals surface area (Å²) in [6, 6.07) is 0.413. The number of hydrogen-bond donors (Lipinski definition) is 1. The molecule has 0 heterocycles. The predicted octanol–water partition coefficient (Wildman–Crippen LogP) is 2.64. The highest BCUT2D eigenvalue weighted by Gasteiger charge is 2.30. The van der Waals surface area contributed by atoms with Gasteiger partial charge in [-0.25, -0.2) is 0 Å². The van der Waals surface area contributed by atoms with E-state index in [2.05, 4.69) is 20.1 Å². The van der Waals surface area contributed by atoms with Crippen LogP contribution in [-0.4, -0.2) is 6.04 Å². The Morgan fingerprint density at radius 1 is 1.50 bits per heavy atom. The maximum absolute atomic E-state index is 5.84. The summed E-state index contributed by atoms with van der Waals surface area (Å²) in [5.74, 6) is 0. The van der Waals surface area contributed by atoms with E-state index in [0.29, 0.717) is 6.04 Å². The number of hydrogen-bond acceptors (Lipinski definition) is 1. The fourth-order valence-electron chi connectivity index (χ4n) is 1.84. The van der Waals surface area contributed by atoms with E-state index >= 15 is 0 Å². The minimum atomic E-state index is 0.275. The Bertz CT molecular complexity index is 185. The van der Waals surface area contributed by atoms with Crippen LogP contribution in [0.1, 0.15) is 32.6 Å². The van der Waals surface area contributed by atoms with Gasteiger partial charge in [-0.05, 0) is 36.7 Å². The van der Waals surface area contributed by atoms with Crippen LogP contribution in [0.3, 0.4) is 0 Å². The van der Waals surface area contributed by atoms with Crippen molar-refractivity contribution in [2.75, 3.05) is 0 Å². The van der Waals surface area contributed by atoms with Crippen LogP contribution in [-0.2, 0) is 0 Å². The van der Waals surface area contributed by atoms with Gasteiger partial charge in [0.25, 0.3) is 0 Å². The van der Waals surface area contributed by atoms with Crippen molar-refractivity contribution in [3.8, 4) is 0 Å². The minimum Gasteiger partial charge on any atom is -0.328 e. The lowest BCUT2D eigenvalue weighted by Gasteiger charge is -2.36. The molecule has 0 unspecified atom stereocenters. The normalized spacial score (nSPS) is 36.0. The van der Waals surface area contributed by atoms with Crippen LogP contribution < -0.4 is 5.73 Å². The van der Waals surface area contributed by atoms with Gasteiger partial charge in [0.1, 0.15) is 0 Å². The molecule has 1 aliphatic rings. The van der Waals surface area contributed by atoms with Crippen LogP contribution in [0.15, 0.2) is 24.8 Å². The van der Waals surface area contributed by atoms with Gasteiger partial charge < -0.3 is 5.73 Å². The standard InChI is InChI=1S/C11H19N/c1-4-9(2)11(3)7-5-10(12)6-8-11/h4,10H,1-2,5-8,12H2,3H3. The first-order valence-electron chi connectivity index (χ1n) is 4.66. The first-order valence-corrected chi connectivity index (χ1v) is 4.66. The van der Waals surface area contributed by atoms with E-state index in [1.165, 1.54) is 18.4 Å². The van der Waals surface area contributed by atoms with Crippen molar-refractivity contribution in [3.63, 3.8) is 0 Å². The van der Waals surface area contributed by atoms with Gasteiger partial charge >= 0.3 is 0 Å². The Hall–Kier alpha value is -0.560. The van der Waals surface area contributed by atoms with Crippen LogP contribution in [0.4, 0.5) is 0 Å². The van der Waals surface area contributed by atoms with Gasteiger partial charge in [0.05, 0.1) is 0 Å². The van der Waals surface area contributed by atoms with Crippen molar-refractivity contribution in [3.05, 3.63) is 24.8 Å². The molecule has 0 spiro atoms. The van der Waals surface area contributed by atoms with Gasteiger partial charge in [0, 0.05) is 6.04 Å². The van der Waals surface area contributed by atoms with Crippen molar-refractivity contribution in [2.24, 2.45) is 11.1 Å². The summed E-state index contributed by atoms with van der Waals surface area (Å²) in [4.78, 5) is 0. The van der Waals surface area contributed by atoms with Crippen LogP contribution in [0.5, 0.6) is 0 Å². The molecule has 0 saturated heterocycles. The maximum Gasteiger partial charge on any atom is 0.00394 e. The quantitative estimate of drug-likeness (QED) is 0.625. The van der Waals surface area contributed by atoms with E-state index in [0.717, 1.165) is 12.8 Å². The summed E-state index contributed by atoms with van der Waals surface area (Å²) in [7, 11) is 0. The van der Waals surface area contributed by atoms with Crippen molar-refractivity contribution in [1.29, 1.82) is 0 Å². The molecule has 0 aromatic rings. The van der Waals surface area contributed by atoms with Crippen LogP contribution in [0, 0.1) is 5.41 Å². The second kappa shape index (κ2) is 3.44. The fraction of sp³-hybridized carbons (Fsp3) is 0.636. The molecule has 1 heteroatoms. The lowest BCUT2D eigenvalue weighted by atomic mass is 9.70. The summed E-state index contributed by atoms with van der Waals surface area (Å²) in [6.07, 6.45) is 6.47. The lowest BCUT2D eigenvalue weighted by molar-refractivity contribution is 0.252. The second-order valence-electron chi connectivity index (χ2n) is 4.13. The molecule has 0 aromatic heterocycles. The lowest BCUT2D eigenvalue weighted by Crippen LogP contribution is -2.32. The predicted molar refractivity (Wildman–Crippen MR) is 53.9 cm³/mol. The highest BCUT2D eigenvalue weighted by atomic mass is 14.6. The van der Waals surface area contributed by atoms with Gasteiger partial charge in [-0.1, -0.05) is 26.2 Å². The Morgan fingerprint density at radius 3 is 2.42 bits per heavy atom. The van der Waals surface area contributed by atoms with E-state index in [-0.39, 0.29) is 5.41 Å². The summed E-state index contributed by atoms with van der Waals surface area (Å²) in [5, 5.41) is 0. The van der Waals surface area contributed by atoms with Crippen LogP contribution >= 0.6 is 0 Å². The molecule has 0 bridgehead atoms. The average molecular weight is 165 g/mol. The highest BCUT2D eigenvalue weighted by Crippen LogP contribution is 2.41. The maximum atomic E-state index is 5.84. The number of rotatable bonds is 2. The zero-order valence-electron chi connectivity index (χ0n) is 7.97. The molecule has 1 saturated carbocycles. The molecular weight excluding hydrogens is 146 g/mol. The van der Waals surface area contributed by atoms with Gasteiger partial charge in [-0.3, -0.25) is 0 Å². The molecule has 1 aliphatic carbocycles.